The molecule has 0 spiro atoms. The number of benzene rings is 2. The quantitative estimate of drug-likeness (QED) is 0.265. The van der Waals surface area contributed by atoms with Crippen LogP contribution in [-0.2, 0) is 16.4 Å². The van der Waals surface area contributed by atoms with Gasteiger partial charge < -0.3 is 9.42 Å². The second-order valence-electron chi connectivity index (χ2n) is 14.0. The second-order valence-corrected chi connectivity index (χ2v) is 14.0. The highest BCUT2D eigenvalue weighted by atomic mass is 19.4. The zero-order chi connectivity index (χ0) is 29.0. The SMILES string of the molecule is O=C(N(CC12CCC(c3nc(C4CC4)no3)(CC1)CC2)c1cccc(-c2ccc(C(F)(F)F)cc2)c1)C12CC(F)(C1)C2. The Kier molecular flexibility index (Phi) is 5.45. The molecule has 7 saturated carbocycles. The molecule has 10 rings (SSSR count). The van der Waals surface area contributed by atoms with Crippen molar-refractivity contribution in [2.75, 3.05) is 11.4 Å². The monoisotopic (exact) mass is 579 g/mol. The summed E-state index contributed by atoms with van der Waals surface area (Å²) in [4.78, 5) is 20.8. The average Bonchev–Trinajstić information content (AvgIpc) is 3.69. The number of carbonyl (C=O) groups excluding carboxylic acids is 1. The molecular weight excluding hydrogens is 546 g/mol. The third kappa shape index (κ3) is 4.13. The van der Waals surface area contributed by atoms with Crippen molar-refractivity contribution >= 4 is 11.6 Å². The summed E-state index contributed by atoms with van der Waals surface area (Å²) in [6.07, 6.45) is 4.33. The molecule has 7 fully saturated rings. The molecule has 1 aromatic heterocycles. The Hall–Kier alpha value is -3.23. The minimum absolute atomic E-state index is 0.0191. The van der Waals surface area contributed by atoms with Crippen molar-refractivity contribution < 1.29 is 26.9 Å². The molecule has 0 saturated heterocycles. The minimum Gasteiger partial charge on any atom is -0.339 e. The van der Waals surface area contributed by atoms with Crippen molar-refractivity contribution in [1.29, 1.82) is 0 Å². The first-order valence-corrected chi connectivity index (χ1v) is 15.1. The molecule has 3 aromatic rings. The lowest BCUT2D eigenvalue weighted by Crippen LogP contribution is -2.71. The van der Waals surface area contributed by atoms with Gasteiger partial charge >= 0.3 is 6.18 Å². The zero-order valence-corrected chi connectivity index (χ0v) is 23.4. The fourth-order valence-electron chi connectivity index (χ4n) is 8.28. The number of hydrogen-bond acceptors (Lipinski definition) is 4. The van der Waals surface area contributed by atoms with Crippen LogP contribution >= 0.6 is 0 Å². The maximum absolute atomic E-state index is 14.5. The molecule has 0 atom stereocenters. The van der Waals surface area contributed by atoms with Crippen molar-refractivity contribution in [3.8, 4) is 11.1 Å². The van der Waals surface area contributed by atoms with Crippen LogP contribution in [0.5, 0.6) is 0 Å². The summed E-state index contributed by atoms with van der Waals surface area (Å²) in [6.45, 7) is 0.552. The van der Waals surface area contributed by atoms with E-state index in [4.69, 9.17) is 9.51 Å². The number of anilines is 1. The summed E-state index contributed by atoms with van der Waals surface area (Å²) in [7, 11) is 0. The molecular formula is C33H33F4N3O2. The van der Waals surface area contributed by atoms with Gasteiger partial charge in [-0.1, -0.05) is 29.4 Å². The summed E-state index contributed by atoms with van der Waals surface area (Å²) < 4.78 is 59.7. The van der Waals surface area contributed by atoms with E-state index in [0.29, 0.717) is 18.0 Å². The highest BCUT2D eigenvalue weighted by Crippen LogP contribution is 2.70. The highest BCUT2D eigenvalue weighted by Gasteiger charge is 2.73. The van der Waals surface area contributed by atoms with Gasteiger partial charge in [-0.05, 0) is 111 Å². The lowest BCUT2D eigenvalue weighted by atomic mass is 9.41. The first kappa shape index (κ1) is 26.4. The van der Waals surface area contributed by atoms with E-state index >= 15 is 0 Å². The van der Waals surface area contributed by atoms with E-state index in [1.165, 1.54) is 12.1 Å². The van der Waals surface area contributed by atoms with Crippen molar-refractivity contribution in [3.63, 3.8) is 0 Å². The van der Waals surface area contributed by atoms with Crippen molar-refractivity contribution in [2.45, 2.75) is 93.8 Å². The number of fused-ring (bicyclic) bond motifs is 3. The maximum Gasteiger partial charge on any atom is 0.416 e. The van der Waals surface area contributed by atoms with Crippen LogP contribution in [-0.4, -0.2) is 28.3 Å². The van der Waals surface area contributed by atoms with Gasteiger partial charge in [0.15, 0.2) is 5.82 Å². The van der Waals surface area contributed by atoms with Crippen molar-refractivity contribution in [3.05, 3.63) is 65.8 Å². The first-order valence-electron chi connectivity index (χ1n) is 15.1. The molecule has 7 aliphatic carbocycles. The van der Waals surface area contributed by atoms with E-state index in [2.05, 4.69) is 5.16 Å². The van der Waals surface area contributed by atoms with Gasteiger partial charge in [0.2, 0.25) is 11.8 Å². The molecule has 2 aromatic carbocycles. The normalized spacial score (nSPS) is 33.1. The fourth-order valence-corrected chi connectivity index (χ4v) is 8.28. The molecule has 7 aliphatic rings. The van der Waals surface area contributed by atoms with Crippen molar-refractivity contribution in [1.82, 2.24) is 10.1 Å². The molecule has 42 heavy (non-hydrogen) atoms. The number of hydrogen-bond donors (Lipinski definition) is 0. The van der Waals surface area contributed by atoms with E-state index in [0.717, 1.165) is 86.5 Å². The third-order valence-electron chi connectivity index (χ3n) is 11.1. The Morgan fingerprint density at radius 3 is 2.19 bits per heavy atom. The summed E-state index contributed by atoms with van der Waals surface area (Å²) in [5, 5.41) is 4.27. The van der Waals surface area contributed by atoms with Gasteiger partial charge in [0, 0.05) is 23.6 Å². The van der Waals surface area contributed by atoms with Gasteiger partial charge in [-0.2, -0.15) is 18.2 Å². The molecule has 0 aliphatic heterocycles. The molecule has 1 heterocycles. The van der Waals surface area contributed by atoms with Crippen LogP contribution in [0.15, 0.2) is 53.1 Å². The number of amides is 1. The number of nitrogens with zero attached hydrogens (tertiary/aromatic N) is 3. The predicted molar refractivity (Wildman–Crippen MR) is 147 cm³/mol. The first-order chi connectivity index (χ1) is 20.0. The minimum atomic E-state index is -4.40. The molecule has 1 amide bonds. The summed E-state index contributed by atoms with van der Waals surface area (Å²) >= 11 is 0. The molecule has 0 N–H and O–H groups in total. The van der Waals surface area contributed by atoms with Gasteiger partial charge in [-0.25, -0.2) is 4.39 Å². The average molecular weight is 580 g/mol. The van der Waals surface area contributed by atoms with Crippen LogP contribution in [0.3, 0.4) is 0 Å². The summed E-state index contributed by atoms with van der Waals surface area (Å²) in [6, 6.07) is 12.6. The molecule has 5 nitrogen and oxygen atoms in total. The highest BCUT2D eigenvalue weighted by molar-refractivity contribution is 6.00. The van der Waals surface area contributed by atoms with Crippen LogP contribution in [0.2, 0.25) is 0 Å². The van der Waals surface area contributed by atoms with Crippen LogP contribution in [0.4, 0.5) is 23.2 Å². The van der Waals surface area contributed by atoms with E-state index < -0.39 is 22.8 Å². The van der Waals surface area contributed by atoms with Gasteiger partial charge in [0.25, 0.3) is 0 Å². The Balaban J connectivity index is 1.07. The summed E-state index contributed by atoms with van der Waals surface area (Å²) in [5.74, 6) is 2.05. The molecule has 9 heteroatoms. The topological polar surface area (TPSA) is 59.2 Å². The molecule has 0 radical (unpaired) electrons. The molecule has 4 bridgehead atoms. The van der Waals surface area contributed by atoms with Gasteiger partial charge in [-0.3, -0.25) is 4.79 Å². The molecule has 220 valence electrons. The number of alkyl halides is 4. The Morgan fingerprint density at radius 1 is 0.929 bits per heavy atom. The number of rotatable bonds is 7. The van der Waals surface area contributed by atoms with Crippen LogP contribution < -0.4 is 4.90 Å². The number of halogens is 4. The molecule has 0 unspecified atom stereocenters. The standard InChI is InChI=1S/C33H33F4N3O2/c34-32-17-31(18-32,19-32)28(41)40(25-3-1-2-23(16-25)21-6-8-24(9-7-21)33(35,36)37)20-29-10-13-30(14-11-29,15-12-29)27-38-26(39-42-27)22-4-5-22/h1-3,6-9,16,22H,4-5,10-15,17-20H2. The fraction of sp³-hybridized carbons (Fsp3) is 0.545. The maximum atomic E-state index is 14.5. The van der Waals surface area contributed by atoms with Crippen LogP contribution in [0, 0.1) is 10.8 Å². The van der Waals surface area contributed by atoms with Gasteiger partial charge in [0.1, 0.15) is 5.67 Å². The van der Waals surface area contributed by atoms with Gasteiger partial charge in [0.05, 0.1) is 11.0 Å². The summed E-state index contributed by atoms with van der Waals surface area (Å²) in [5.41, 5.74) is -0.563. The third-order valence-corrected chi connectivity index (χ3v) is 11.1. The largest absolute Gasteiger partial charge is 0.416 e. The Bertz CT molecular complexity index is 1510. The van der Waals surface area contributed by atoms with Crippen LogP contribution in [0.25, 0.3) is 11.1 Å². The van der Waals surface area contributed by atoms with Gasteiger partial charge in [-0.15, -0.1) is 0 Å². The van der Waals surface area contributed by atoms with Crippen LogP contribution in [0.1, 0.15) is 93.8 Å². The Morgan fingerprint density at radius 2 is 1.60 bits per heavy atom. The van der Waals surface area contributed by atoms with E-state index in [-0.39, 0.29) is 36.0 Å². The Labute approximate surface area is 241 Å². The second kappa shape index (κ2) is 8.66. The van der Waals surface area contributed by atoms with E-state index in [1.807, 2.05) is 29.2 Å². The smallest absolute Gasteiger partial charge is 0.339 e. The van der Waals surface area contributed by atoms with E-state index in [1.54, 1.807) is 0 Å². The lowest BCUT2D eigenvalue weighted by Gasteiger charge is -2.65. The number of carbonyl (C=O) groups is 1. The van der Waals surface area contributed by atoms with Crippen molar-refractivity contribution in [2.24, 2.45) is 10.8 Å². The van der Waals surface area contributed by atoms with E-state index in [9.17, 15) is 22.4 Å². The lowest BCUT2D eigenvalue weighted by molar-refractivity contribution is -0.211. The number of aromatic nitrogens is 2. The predicted octanol–water partition coefficient (Wildman–Crippen LogP) is 8.15. The zero-order valence-electron chi connectivity index (χ0n) is 23.4.